The van der Waals surface area contributed by atoms with Crippen molar-refractivity contribution in [1.82, 2.24) is 9.80 Å². The molecule has 2 amide bonds. The van der Waals surface area contributed by atoms with Gasteiger partial charge in [0, 0.05) is 44.4 Å². The number of nitro benzene ring substituents is 1. The number of fused-ring (bicyclic) bond motifs is 4. The normalized spacial score (nSPS) is 27.1. The summed E-state index contributed by atoms with van der Waals surface area (Å²) >= 11 is 5.34. The van der Waals surface area contributed by atoms with Crippen molar-refractivity contribution < 1.29 is 14.5 Å². The largest absolute Gasteiger partial charge is 0.367 e. The van der Waals surface area contributed by atoms with Crippen LogP contribution in [0.4, 0.5) is 11.4 Å². The van der Waals surface area contributed by atoms with Crippen molar-refractivity contribution in [3.8, 4) is 0 Å². The van der Waals surface area contributed by atoms with Crippen molar-refractivity contribution in [3.63, 3.8) is 0 Å². The zero-order valence-corrected chi connectivity index (χ0v) is 16.7. The minimum Gasteiger partial charge on any atom is -0.367 e. The average Bonchev–Trinajstić information content (AvgIpc) is 2.70. The molecule has 0 N–H and O–H groups in total. The van der Waals surface area contributed by atoms with Gasteiger partial charge in [-0.05, 0) is 50.0 Å². The molecule has 3 heterocycles. The van der Waals surface area contributed by atoms with Gasteiger partial charge in [0.2, 0.25) is 11.8 Å². The van der Waals surface area contributed by atoms with E-state index in [1.807, 2.05) is 6.92 Å². The smallest absolute Gasteiger partial charge is 0.269 e. The monoisotopic (exact) mass is 402 g/mol. The van der Waals surface area contributed by atoms with E-state index in [1.165, 1.54) is 21.9 Å². The molecule has 1 spiro atoms. The lowest BCUT2D eigenvalue weighted by Crippen LogP contribution is -2.72. The predicted octanol–water partition coefficient (Wildman–Crippen LogP) is 2.10. The van der Waals surface area contributed by atoms with Crippen LogP contribution in [-0.4, -0.2) is 57.8 Å². The molecule has 2 atom stereocenters. The maximum atomic E-state index is 13.6. The van der Waals surface area contributed by atoms with Crippen LogP contribution in [0.5, 0.6) is 0 Å². The van der Waals surface area contributed by atoms with Gasteiger partial charge < -0.3 is 4.90 Å². The molecular formula is C19H22N4O4S. The number of hydrogen-bond acceptors (Lipinski definition) is 6. The van der Waals surface area contributed by atoms with Gasteiger partial charge >= 0.3 is 0 Å². The molecule has 0 unspecified atom stereocenters. The Balaban J connectivity index is 1.92. The van der Waals surface area contributed by atoms with Crippen molar-refractivity contribution in [1.29, 1.82) is 0 Å². The molecule has 0 radical (unpaired) electrons. The molecule has 1 aromatic carbocycles. The van der Waals surface area contributed by atoms with E-state index in [0.29, 0.717) is 12.1 Å². The number of carbonyl (C=O) groups is 2. The molecule has 0 aromatic heterocycles. The zero-order chi connectivity index (χ0) is 20.2. The molecule has 3 aliphatic rings. The number of rotatable bonds is 2. The highest BCUT2D eigenvalue weighted by Crippen LogP contribution is 2.49. The first-order valence-corrected chi connectivity index (χ1v) is 9.91. The third-order valence-corrected chi connectivity index (χ3v) is 6.77. The Labute approximate surface area is 168 Å². The molecule has 3 aliphatic heterocycles. The molecule has 0 aliphatic carbocycles. The Morgan fingerprint density at radius 1 is 1.29 bits per heavy atom. The quantitative estimate of drug-likeness (QED) is 0.326. The van der Waals surface area contributed by atoms with Crippen LogP contribution in [0.2, 0.25) is 0 Å². The number of benzene rings is 1. The fourth-order valence-electron chi connectivity index (χ4n) is 4.96. The second kappa shape index (κ2) is 6.51. The number of nitrogens with zero attached hydrogens (tertiary/aromatic N) is 4. The van der Waals surface area contributed by atoms with E-state index in [9.17, 15) is 19.7 Å². The van der Waals surface area contributed by atoms with E-state index in [4.69, 9.17) is 12.2 Å². The highest BCUT2D eigenvalue weighted by molar-refractivity contribution is 7.80. The summed E-state index contributed by atoms with van der Waals surface area (Å²) in [6, 6.07) is 4.48. The van der Waals surface area contributed by atoms with Crippen LogP contribution in [0.25, 0.3) is 0 Å². The first kappa shape index (κ1) is 18.8. The average molecular weight is 402 g/mol. The summed E-state index contributed by atoms with van der Waals surface area (Å²) in [6.45, 7) is 2.94. The molecule has 0 bridgehead atoms. The fraction of sp³-hybridized carbons (Fsp3) is 0.526. The number of non-ortho nitro benzene ring substituents is 1. The highest BCUT2D eigenvalue weighted by Gasteiger charge is 2.62. The van der Waals surface area contributed by atoms with Gasteiger partial charge in [0.25, 0.3) is 5.69 Å². The molecule has 2 fully saturated rings. The minimum absolute atomic E-state index is 0.0312. The fourth-order valence-corrected chi connectivity index (χ4v) is 5.25. The van der Waals surface area contributed by atoms with Crippen LogP contribution >= 0.6 is 12.2 Å². The van der Waals surface area contributed by atoms with Gasteiger partial charge in [-0.1, -0.05) is 0 Å². The second-order valence-corrected chi connectivity index (χ2v) is 7.98. The van der Waals surface area contributed by atoms with Crippen LogP contribution in [0, 0.1) is 15.5 Å². The van der Waals surface area contributed by atoms with Crippen molar-refractivity contribution >= 4 is 40.5 Å². The first-order chi connectivity index (χ1) is 13.3. The van der Waals surface area contributed by atoms with Crippen molar-refractivity contribution in [3.05, 3.63) is 33.9 Å². The Bertz CT molecular complexity index is 904. The first-order valence-electron chi connectivity index (χ1n) is 9.51. The Morgan fingerprint density at radius 3 is 2.71 bits per heavy atom. The molecule has 2 saturated heterocycles. The van der Waals surface area contributed by atoms with Crippen LogP contribution in [0.15, 0.2) is 18.2 Å². The van der Waals surface area contributed by atoms with E-state index in [-0.39, 0.29) is 35.1 Å². The molecule has 28 heavy (non-hydrogen) atoms. The lowest BCUT2D eigenvalue weighted by molar-refractivity contribution is -0.384. The summed E-state index contributed by atoms with van der Waals surface area (Å²) in [7, 11) is 1.61. The molecule has 1 aromatic rings. The van der Waals surface area contributed by atoms with E-state index >= 15 is 0 Å². The van der Waals surface area contributed by atoms with Crippen molar-refractivity contribution in [2.45, 2.75) is 38.6 Å². The van der Waals surface area contributed by atoms with E-state index in [0.717, 1.165) is 31.5 Å². The number of nitro groups is 1. The van der Waals surface area contributed by atoms with Gasteiger partial charge in [0.15, 0.2) is 10.5 Å². The third-order valence-electron chi connectivity index (χ3n) is 6.27. The predicted molar refractivity (Wildman–Crippen MR) is 107 cm³/mol. The Morgan fingerprint density at radius 2 is 2.04 bits per heavy atom. The Kier molecular flexibility index (Phi) is 4.37. The molecule has 4 rings (SSSR count). The molecular weight excluding hydrogens is 380 g/mol. The van der Waals surface area contributed by atoms with Gasteiger partial charge in [-0.15, -0.1) is 0 Å². The van der Waals surface area contributed by atoms with Crippen LogP contribution in [0.3, 0.4) is 0 Å². The van der Waals surface area contributed by atoms with Crippen molar-refractivity contribution in [2.24, 2.45) is 5.41 Å². The van der Waals surface area contributed by atoms with Crippen LogP contribution < -0.4 is 4.90 Å². The van der Waals surface area contributed by atoms with Crippen LogP contribution in [0.1, 0.15) is 31.7 Å². The van der Waals surface area contributed by atoms with E-state index in [2.05, 4.69) is 4.90 Å². The summed E-state index contributed by atoms with van der Waals surface area (Å²) in [5.41, 5.74) is 0.235. The summed E-state index contributed by atoms with van der Waals surface area (Å²) in [5, 5.41) is 11.5. The van der Waals surface area contributed by atoms with E-state index in [1.54, 1.807) is 13.1 Å². The summed E-state index contributed by atoms with van der Waals surface area (Å²) in [5.74, 6) is -0.585. The molecule has 8 nitrogen and oxygen atoms in total. The topological polar surface area (TPSA) is 87.0 Å². The van der Waals surface area contributed by atoms with Gasteiger partial charge in [0.1, 0.15) is 0 Å². The standard InChI is InChI=1S/C19H22N4O4S/c1-3-21-17(25)19(16(24)20(2)18(21)28)11-12-10-13(23(26)27)7-8-14(12)22-9-5-4-6-15(19)22/h7-8,10,15H,3-6,9,11H2,1-2H3/t15-,19+/m0/s1. The summed E-state index contributed by atoms with van der Waals surface area (Å²) in [6.07, 6.45) is 2.78. The minimum atomic E-state index is -1.30. The summed E-state index contributed by atoms with van der Waals surface area (Å²) < 4.78 is 0. The zero-order valence-electron chi connectivity index (χ0n) is 15.9. The molecule has 9 heteroatoms. The van der Waals surface area contributed by atoms with Crippen molar-refractivity contribution in [2.75, 3.05) is 25.0 Å². The number of piperidine rings is 1. The van der Waals surface area contributed by atoms with Crippen LogP contribution in [-0.2, 0) is 16.0 Å². The molecule has 148 valence electrons. The second-order valence-electron chi connectivity index (χ2n) is 7.62. The number of anilines is 1. The summed E-state index contributed by atoms with van der Waals surface area (Å²) in [4.78, 5) is 42.9. The lowest BCUT2D eigenvalue weighted by Gasteiger charge is -2.55. The maximum Gasteiger partial charge on any atom is 0.269 e. The number of hydrogen-bond donors (Lipinski definition) is 0. The Hall–Kier alpha value is -2.55. The lowest BCUT2D eigenvalue weighted by atomic mass is 9.66. The van der Waals surface area contributed by atoms with E-state index < -0.39 is 10.3 Å². The number of carbonyl (C=O) groups excluding carboxylic acids is 2. The van der Waals surface area contributed by atoms with Gasteiger partial charge in [-0.3, -0.25) is 29.5 Å². The molecule has 0 saturated carbocycles. The third kappa shape index (κ3) is 2.38. The highest BCUT2D eigenvalue weighted by atomic mass is 32.1. The van der Waals surface area contributed by atoms with Gasteiger partial charge in [0.05, 0.1) is 11.0 Å². The number of thiocarbonyl (C=S) groups is 1. The number of amides is 2. The van der Waals surface area contributed by atoms with Gasteiger partial charge in [-0.2, -0.15) is 0 Å². The SMILES string of the molecule is CCN1C(=O)[C@@]2(Cc3cc([N+](=O)[O-])ccc3N3CCCC[C@H]32)C(=O)N(C)C1=S. The maximum absolute atomic E-state index is 13.6. The van der Waals surface area contributed by atoms with Gasteiger partial charge in [-0.25, -0.2) is 0 Å².